The lowest BCUT2D eigenvalue weighted by Gasteiger charge is -2.09. The van der Waals surface area contributed by atoms with Gasteiger partial charge in [0, 0.05) is 6.20 Å². The third-order valence-electron chi connectivity index (χ3n) is 3.99. The monoisotopic (exact) mass is 372 g/mol. The smallest absolute Gasteiger partial charge is 0.285 e. The van der Waals surface area contributed by atoms with Crippen LogP contribution in [0.5, 0.6) is 0 Å². The van der Waals surface area contributed by atoms with E-state index in [1.165, 1.54) is 12.1 Å². The normalized spacial score (nSPS) is 11.6. The van der Waals surface area contributed by atoms with Gasteiger partial charge in [0.1, 0.15) is 11.3 Å². The van der Waals surface area contributed by atoms with Crippen molar-refractivity contribution in [3.05, 3.63) is 65.6 Å². The maximum absolute atomic E-state index is 12.5. The number of hydrogen-bond donors (Lipinski definition) is 2. The molecule has 0 unspecified atom stereocenters. The topological polar surface area (TPSA) is 92.6 Å². The number of rotatable bonds is 6. The van der Waals surface area contributed by atoms with Crippen LogP contribution in [0.25, 0.3) is 5.65 Å². The summed E-state index contributed by atoms with van der Waals surface area (Å²) in [7, 11) is -3.86. The first-order chi connectivity index (χ1) is 12.4. The molecule has 26 heavy (non-hydrogen) atoms. The number of carbonyl (C=O) groups is 1. The van der Waals surface area contributed by atoms with Gasteiger partial charge in [-0.1, -0.05) is 31.5 Å². The third kappa shape index (κ3) is 3.61. The number of fused-ring (bicyclic) bond motifs is 1. The van der Waals surface area contributed by atoms with Gasteiger partial charge in [-0.25, -0.2) is 13.4 Å². The van der Waals surface area contributed by atoms with Gasteiger partial charge in [-0.2, -0.15) is 0 Å². The SMILES string of the molecule is CCCc1ccc(S(=O)(=O)NNC(=O)c2c(C)nc3ccccn23)cc1. The van der Waals surface area contributed by atoms with E-state index in [-0.39, 0.29) is 10.6 Å². The maximum atomic E-state index is 12.5. The van der Waals surface area contributed by atoms with Crippen molar-refractivity contribution >= 4 is 21.6 Å². The molecule has 3 rings (SSSR count). The number of benzene rings is 1. The molecule has 0 bridgehead atoms. The van der Waals surface area contributed by atoms with E-state index in [1.54, 1.807) is 41.8 Å². The van der Waals surface area contributed by atoms with Gasteiger partial charge < -0.3 is 0 Å². The van der Waals surface area contributed by atoms with Crippen molar-refractivity contribution in [3.63, 3.8) is 0 Å². The van der Waals surface area contributed by atoms with Gasteiger partial charge in [-0.15, -0.1) is 4.83 Å². The number of aromatic nitrogens is 2. The summed E-state index contributed by atoms with van der Waals surface area (Å²) in [5.74, 6) is -0.577. The second-order valence-corrected chi connectivity index (χ2v) is 7.61. The molecule has 2 heterocycles. The first-order valence-corrected chi connectivity index (χ1v) is 9.75. The zero-order chi connectivity index (χ0) is 18.7. The Bertz CT molecular complexity index is 1040. The molecule has 0 aliphatic carbocycles. The maximum Gasteiger partial charge on any atom is 0.285 e. The minimum Gasteiger partial charge on any atom is -0.295 e. The fourth-order valence-electron chi connectivity index (χ4n) is 2.74. The van der Waals surface area contributed by atoms with Crippen molar-refractivity contribution < 1.29 is 13.2 Å². The number of carbonyl (C=O) groups excluding carboxylic acids is 1. The number of aryl methyl sites for hydroxylation is 2. The Kier molecular flexibility index (Phi) is 5.06. The lowest BCUT2D eigenvalue weighted by Crippen LogP contribution is -2.42. The number of nitrogens with one attached hydrogen (secondary N) is 2. The van der Waals surface area contributed by atoms with Crippen LogP contribution in [0.3, 0.4) is 0 Å². The molecule has 0 spiro atoms. The van der Waals surface area contributed by atoms with E-state index >= 15 is 0 Å². The number of pyridine rings is 1. The number of hydrazine groups is 1. The van der Waals surface area contributed by atoms with Crippen molar-refractivity contribution in [2.45, 2.75) is 31.6 Å². The lowest BCUT2D eigenvalue weighted by atomic mass is 10.1. The molecule has 2 aromatic heterocycles. The molecule has 8 heteroatoms. The second-order valence-electron chi connectivity index (χ2n) is 5.93. The van der Waals surface area contributed by atoms with Crippen molar-refractivity contribution in [1.82, 2.24) is 19.6 Å². The molecule has 1 amide bonds. The molecule has 0 saturated heterocycles. The van der Waals surface area contributed by atoms with E-state index in [2.05, 4.69) is 22.2 Å². The summed E-state index contributed by atoms with van der Waals surface area (Å²) >= 11 is 0. The van der Waals surface area contributed by atoms with Crippen LogP contribution in [0.4, 0.5) is 0 Å². The van der Waals surface area contributed by atoms with Crippen molar-refractivity contribution in [1.29, 1.82) is 0 Å². The van der Waals surface area contributed by atoms with E-state index in [0.717, 1.165) is 18.4 Å². The van der Waals surface area contributed by atoms with Crippen LogP contribution < -0.4 is 10.3 Å². The van der Waals surface area contributed by atoms with Crippen molar-refractivity contribution in [2.24, 2.45) is 0 Å². The Morgan fingerprint density at radius 1 is 1.15 bits per heavy atom. The van der Waals surface area contributed by atoms with Crippen LogP contribution in [-0.4, -0.2) is 23.7 Å². The van der Waals surface area contributed by atoms with Gasteiger partial charge in [0.15, 0.2) is 0 Å². The molecule has 2 N–H and O–H groups in total. The molecular formula is C18H20N4O3S. The highest BCUT2D eigenvalue weighted by Gasteiger charge is 2.19. The van der Waals surface area contributed by atoms with Gasteiger partial charge in [0.05, 0.1) is 10.6 Å². The van der Waals surface area contributed by atoms with Gasteiger partial charge in [-0.3, -0.25) is 14.6 Å². The van der Waals surface area contributed by atoms with Crippen LogP contribution >= 0.6 is 0 Å². The van der Waals surface area contributed by atoms with Crippen molar-refractivity contribution in [3.8, 4) is 0 Å². The van der Waals surface area contributed by atoms with Crippen molar-refractivity contribution in [2.75, 3.05) is 0 Å². The van der Waals surface area contributed by atoms with E-state index in [9.17, 15) is 13.2 Å². The molecule has 0 atom stereocenters. The molecule has 0 aliphatic heterocycles. The highest BCUT2D eigenvalue weighted by Crippen LogP contribution is 2.13. The Balaban J connectivity index is 1.76. The summed E-state index contributed by atoms with van der Waals surface area (Å²) in [6.45, 7) is 3.76. The van der Waals surface area contributed by atoms with Crippen LogP contribution in [0.15, 0.2) is 53.6 Å². The highest BCUT2D eigenvalue weighted by atomic mass is 32.2. The molecule has 0 fully saturated rings. The van der Waals surface area contributed by atoms with E-state index in [0.29, 0.717) is 11.3 Å². The van der Waals surface area contributed by atoms with Crippen LogP contribution in [-0.2, 0) is 16.4 Å². The minimum atomic E-state index is -3.86. The fourth-order valence-corrected chi connectivity index (χ4v) is 3.58. The first-order valence-electron chi connectivity index (χ1n) is 8.27. The molecule has 0 aliphatic rings. The standard InChI is InChI=1S/C18H20N4O3S/c1-3-6-14-8-10-15(11-9-14)26(24,25)21-20-18(23)17-13(2)19-16-7-4-5-12-22(16)17/h4-5,7-12,21H,3,6H2,1-2H3,(H,20,23). The van der Waals surface area contributed by atoms with E-state index in [1.807, 2.05) is 6.07 Å². The van der Waals surface area contributed by atoms with Gasteiger partial charge >= 0.3 is 0 Å². The van der Waals surface area contributed by atoms with E-state index < -0.39 is 15.9 Å². The Hall–Kier alpha value is -2.71. The van der Waals surface area contributed by atoms with Crippen LogP contribution in [0.1, 0.15) is 35.1 Å². The molecule has 0 saturated carbocycles. The van der Waals surface area contributed by atoms with Gasteiger partial charge in [0.2, 0.25) is 0 Å². The Morgan fingerprint density at radius 2 is 1.88 bits per heavy atom. The summed E-state index contributed by atoms with van der Waals surface area (Å²) in [4.78, 5) is 19.0. The predicted octanol–water partition coefficient (Wildman–Crippen LogP) is 2.22. The Morgan fingerprint density at radius 3 is 2.58 bits per heavy atom. The van der Waals surface area contributed by atoms with Crippen LogP contribution in [0.2, 0.25) is 0 Å². The molecule has 136 valence electrons. The van der Waals surface area contributed by atoms with Gasteiger partial charge in [-0.05, 0) is 43.2 Å². The number of amides is 1. The lowest BCUT2D eigenvalue weighted by molar-refractivity contribution is 0.0938. The zero-order valence-corrected chi connectivity index (χ0v) is 15.4. The zero-order valence-electron chi connectivity index (χ0n) is 14.6. The summed E-state index contributed by atoms with van der Waals surface area (Å²) in [6, 6.07) is 12.0. The average Bonchev–Trinajstić information content (AvgIpc) is 2.96. The molecule has 1 aromatic carbocycles. The quantitative estimate of drug-likeness (QED) is 0.649. The number of hydrogen-bond acceptors (Lipinski definition) is 4. The van der Waals surface area contributed by atoms with E-state index in [4.69, 9.17) is 0 Å². The summed E-state index contributed by atoms with van der Waals surface area (Å²) in [5.41, 5.74) is 4.73. The average molecular weight is 372 g/mol. The number of sulfonamides is 1. The second kappa shape index (κ2) is 7.27. The van der Waals surface area contributed by atoms with Crippen LogP contribution in [0, 0.1) is 6.92 Å². The summed E-state index contributed by atoms with van der Waals surface area (Å²) in [6.07, 6.45) is 3.57. The molecular weight excluding hydrogens is 352 g/mol. The third-order valence-corrected chi connectivity index (χ3v) is 5.25. The largest absolute Gasteiger partial charge is 0.295 e. The first kappa shape index (κ1) is 18.1. The minimum absolute atomic E-state index is 0.0903. The fraction of sp³-hybridized carbons (Fsp3) is 0.222. The van der Waals surface area contributed by atoms with Gasteiger partial charge in [0.25, 0.3) is 15.9 Å². The number of imidazole rings is 1. The summed E-state index contributed by atoms with van der Waals surface area (Å²) < 4.78 is 26.4. The predicted molar refractivity (Wildman–Crippen MR) is 98.2 cm³/mol. The Labute approximate surface area is 152 Å². The summed E-state index contributed by atoms with van der Waals surface area (Å²) in [5, 5.41) is 0. The molecule has 3 aromatic rings. The molecule has 7 nitrogen and oxygen atoms in total. The number of nitrogens with zero attached hydrogens (tertiary/aromatic N) is 2. The molecule has 0 radical (unpaired) electrons. The highest BCUT2D eigenvalue weighted by molar-refractivity contribution is 7.89.